The van der Waals surface area contributed by atoms with E-state index in [4.69, 9.17) is 21.5 Å². The number of hydrogen-bond donors (Lipinski definition) is 1. The fraction of sp³-hybridized carbons (Fsp3) is 0.391. The van der Waals surface area contributed by atoms with Crippen molar-refractivity contribution in [2.24, 2.45) is 11.3 Å². The molecule has 2 fully saturated rings. The lowest BCUT2D eigenvalue weighted by Crippen LogP contribution is -2.32. The van der Waals surface area contributed by atoms with Crippen molar-refractivity contribution in [3.63, 3.8) is 0 Å². The highest BCUT2D eigenvalue weighted by Gasteiger charge is 2.61. The Balaban J connectivity index is 0.000000406. The van der Waals surface area contributed by atoms with Gasteiger partial charge >= 0.3 is 12.1 Å². The van der Waals surface area contributed by atoms with Crippen LogP contribution in [0.5, 0.6) is 0 Å². The summed E-state index contributed by atoms with van der Waals surface area (Å²) < 4.78 is 31.7. The number of carboxylic acids is 1. The molecule has 1 spiro atoms. The van der Waals surface area contributed by atoms with Crippen molar-refractivity contribution in [2.45, 2.75) is 25.6 Å². The standard InChI is InChI=1S/C21H22ClN3O2.C2HF3O2/c1-24(13-17-7-2-3-9-23-17)20(27)18-12-21(18)8-10-25(14-21)19(26)15-5-4-6-16(22)11-15;3-2(4,5)1(6)7/h2-7,9,11,18H,8,10,12-14H2,1H3;(H,6,7). The predicted octanol–water partition coefficient (Wildman–Crippen LogP) is 3.88. The van der Waals surface area contributed by atoms with E-state index >= 15 is 0 Å². The number of amides is 2. The lowest BCUT2D eigenvalue weighted by Gasteiger charge is -2.19. The average molecular weight is 498 g/mol. The van der Waals surface area contributed by atoms with Crippen molar-refractivity contribution in [3.8, 4) is 0 Å². The van der Waals surface area contributed by atoms with Gasteiger partial charge in [0.1, 0.15) is 0 Å². The van der Waals surface area contributed by atoms with Gasteiger partial charge in [-0.15, -0.1) is 0 Å². The summed E-state index contributed by atoms with van der Waals surface area (Å²) in [5, 5.41) is 7.69. The maximum Gasteiger partial charge on any atom is 0.490 e. The van der Waals surface area contributed by atoms with Crippen molar-refractivity contribution in [2.75, 3.05) is 20.1 Å². The number of carbonyl (C=O) groups excluding carboxylic acids is 2. The van der Waals surface area contributed by atoms with Gasteiger partial charge in [-0.05, 0) is 43.2 Å². The van der Waals surface area contributed by atoms with Crippen molar-refractivity contribution >= 4 is 29.4 Å². The van der Waals surface area contributed by atoms with Gasteiger partial charge in [-0.1, -0.05) is 23.7 Å². The van der Waals surface area contributed by atoms with Crippen LogP contribution in [0.4, 0.5) is 13.2 Å². The number of halogens is 4. The molecule has 1 aliphatic carbocycles. The Kier molecular flexibility index (Phi) is 7.50. The molecule has 2 heterocycles. The second-order valence-electron chi connectivity index (χ2n) is 8.42. The zero-order valence-electron chi connectivity index (χ0n) is 18.3. The van der Waals surface area contributed by atoms with Crippen LogP contribution < -0.4 is 0 Å². The highest BCUT2D eigenvalue weighted by molar-refractivity contribution is 6.30. The Hall–Kier alpha value is -3.14. The molecule has 182 valence electrons. The van der Waals surface area contributed by atoms with Crippen LogP contribution in [0, 0.1) is 11.3 Å². The fourth-order valence-electron chi connectivity index (χ4n) is 4.10. The topological polar surface area (TPSA) is 90.8 Å². The number of carbonyl (C=O) groups is 3. The molecule has 2 amide bonds. The summed E-state index contributed by atoms with van der Waals surface area (Å²) in [6.45, 7) is 1.85. The number of nitrogens with zero attached hydrogens (tertiary/aromatic N) is 3. The summed E-state index contributed by atoms with van der Waals surface area (Å²) >= 11 is 6.00. The molecule has 2 aliphatic rings. The van der Waals surface area contributed by atoms with E-state index in [9.17, 15) is 22.8 Å². The van der Waals surface area contributed by atoms with Crippen LogP contribution in [-0.4, -0.2) is 64.0 Å². The number of carboxylic acid groups (broad SMARTS) is 1. The van der Waals surface area contributed by atoms with Crippen LogP contribution in [0.25, 0.3) is 0 Å². The predicted molar refractivity (Wildman–Crippen MR) is 117 cm³/mol. The van der Waals surface area contributed by atoms with Gasteiger partial charge in [-0.2, -0.15) is 13.2 Å². The maximum absolute atomic E-state index is 12.8. The SMILES string of the molecule is CN(Cc1ccccn1)C(=O)C1CC12CCN(C(=O)c1cccc(Cl)c1)C2.O=C(O)C(F)(F)F. The molecule has 1 aromatic carbocycles. The maximum atomic E-state index is 12.8. The summed E-state index contributed by atoms with van der Waals surface area (Å²) in [5.41, 5.74) is 1.44. The molecule has 34 heavy (non-hydrogen) atoms. The van der Waals surface area contributed by atoms with E-state index < -0.39 is 12.1 Å². The lowest BCUT2D eigenvalue weighted by atomic mass is 10.0. The van der Waals surface area contributed by atoms with Crippen LogP contribution in [0.2, 0.25) is 5.02 Å². The third kappa shape index (κ3) is 6.05. The number of alkyl halides is 3. The first-order chi connectivity index (χ1) is 15.9. The van der Waals surface area contributed by atoms with Crippen LogP contribution in [0.1, 0.15) is 28.9 Å². The third-order valence-electron chi connectivity index (χ3n) is 5.98. The molecule has 2 unspecified atom stereocenters. The van der Waals surface area contributed by atoms with Crippen molar-refractivity contribution in [1.82, 2.24) is 14.8 Å². The molecule has 0 radical (unpaired) electrons. The molecule has 1 saturated heterocycles. The van der Waals surface area contributed by atoms with E-state index in [1.165, 1.54) is 0 Å². The largest absolute Gasteiger partial charge is 0.490 e. The molecule has 11 heteroatoms. The van der Waals surface area contributed by atoms with Gasteiger partial charge in [0.2, 0.25) is 5.91 Å². The number of pyridine rings is 1. The first kappa shape index (κ1) is 25.5. The van der Waals surface area contributed by atoms with Gasteiger partial charge < -0.3 is 14.9 Å². The van der Waals surface area contributed by atoms with Gasteiger partial charge in [-0.3, -0.25) is 14.6 Å². The average Bonchev–Trinajstić information content (AvgIpc) is 3.32. The van der Waals surface area contributed by atoms with Gasteiger partial charge in [0.05, 0.1) is 12.2 Å². The molecule has 1 aliphatic heterocycles. The molecular formula is C23H23ClF3N3O4. The number of aromatic nitrogens is 1. The molecule has 1 N–H and O–H groups in total. The first-order valence-corrected chi connectivity index (χ1v) is 10.8. The minimum atomic E-state index is -5.08. The van der Waals surface area contributed by atoms with Gasteiger partial charge in [0.15, 0.2) is 0 Å². The van der Waals surface area contributed by atoms with E-state index in [2.05, 4.69) is 4.98 Å². The van der Waals surface area contributed by atoms with Crippen LogP contribution in [0.15, 0.2) is 48.7 Å². The van der Waals surface area contributed by atoms with Crippen molar-refractivity contribution in [3.05, 3.63) is 64.9 Å². The molecule has 4 rings (SSSR count). The minimum Gasteiger partial charge on any atom is -0.475 e. The van der Waals surface area contributed by atoms with Crippen LogP contribution in [0.3, 0.4) is 0 Å². The zero-order chi connectivity index (χ0) is 25.1. The number of hydrogen-bond acceptors (Lipinski definition) is 4. The molecule has 2 atom stereocenters. The van der Waals surface area contributed by atoms with Crippen LogP contribution in [-0.2, 0) is 16.1 Å². The second kappa shape index (κ2) is 10.0. The molecule has 1 aromatic heterocycles. The Morgan fingerprint density at radius 3 is 2.53 bits per heavy atom. The van der Waals surface area contributed by atoms with Crippen molar-refractivity contribution < 1.29 is 32.7 Å². The first-order valence-electron chi connectivity index (χ1n) is 10.4. The molecule has 7 nitrogen and oxygen atoms in total. The molecule has 1 saturated carbocycles. The van der Waals surface area contributed by atoms with Gasteiger partial charge in [-0.25, -0.2) is 4.79 Å². The summed E-state index contributed by atoms with van der Waals surface area (Å²) in [6, 6.07) is 12.8. The van der Waals surface area contributed by atoms with Crippen LogP contribution >= 0.6 is 11.6 Å². The van der Waals surface area contributed by atoms with E-state index in [0.717, 1.165) is 18.5 Å². The summed E-state index contributed by atoms with van der Waals surface area (Å²) in [5.74, 6) is -2.61. The highest BCUT2D eigenvalue weighted by Crippen LogP contribution is 2.59. The van der Waals surface area contributed by atoms with Gasteiger partial charge in [0.25, 0.3) is 5.91 Å². The monoisotopic (exact) mass is 497 g/mol. The van der Waals surface area contributed by atoms with E-state index in [0.29, 0.717) is 30.2 Å². The lowest BCUT2D eigenvalue weighted by molar-refractivity contribution is -0.192. The van der Waals surface area contributed by atoms with E-state index in [-0.39, 0.29) is 23.1 Å². The Bertz CT molecular complexity index is 1070. The van der Waals surface area contributed by atoms with Gasteiger partial charge in [0, 0.05) is 48.3 Å². The second-order valence-corrected chi connectivity index (χ2v) is 8.86. The summed E-state index contributed by atoms with van der Waals surface area (Å²) in [4.78, 5) is 42.4. The van der Waals surface area contributed by atoms with E-state index in [1.807, 2.05) is 30.1 Å². The molecule has 0 bridgehead atoms. The smallest absolute Gasteiger partial charge is 0.475 e. The minimum absolute atomic E-state index is 0.00312. The highest BCUT2D eigenvalue weighted by atomic mass is 35.5. The van der Waals surface area contributed by atoms with E-state index in [1.54, 1.807) is 35.4 Å². The Labute approximate surface area is 199 Å². The number of likely N-dealkylation sites (tertiary alicyclic amines) is 1. The summed E-state index contributed by atoms with van der Waals surface area (Å²) in [6.07, 6.45) is -1.60. The Morgan fingerprint density at radius 1 is 1.24 bits per heavy atom. The number of rotatable bonds is 4. The fourth-order valence-corrected chi connectivity index (χ4v) is 4.29. The molecular weight excluding hydrogens is 475 g/mol. The zero-order valence-corrected chi connectivity index (χ0v) is 19.0. The third-order valence-corrected chi connectivity index (χ3v) is 6.21. The Morgan fingerprint density at radius 2 is 1.94 bits per heavy atom. The molecule has 2 aromatic rings. The van der Waals surface area contributed by atoms with Crippen molar-refractivity contribution in [1.29, 1.82) is 0 Å². The normalized spacial score (nSPS) is 21.0. The quantitative estimate of drug-likeness (QED) is 0.692. The number of benzene rings is 1. The number of aliphatic carboxylic acids is 1. The summed E-state index contributed by atoms with van der Waals surface area (Å²) in [7, 11) is 1.83.